The maximum atomic E-state index is 12.8. The lowest BCUT2D eigenvalue weighted by atomic mass is 10.1. The number of anilines is 1. The van der Waals surface area contributed by atoms with Crippen molar-refractivity contribution in [1.29, 1.82) is 0 Å². The fraction of sp³-hybridized carbons (Fsp3) is 0.222. The van der Waals surface area contributed by atoms with Crippen LogP contribution in [0.5, 0.6) is 11.5 Å². The molecule has 0 unspecified atom stereocenters. The molecular weight excluding hydrogens is 446 g/mol. The number of amides is 1. The fourth-order valence-corrected chi connectivity index (χ4v) is 4.37. The van der Waals surface area contributed by atoms with E-state index >= 15 is 0 Å². The van der Waals surface area contributed by atoms with E-state index in [-0.39, 0.29) is 11.7 Å². The van der Waals surface area contributed by atoms with Gasteiger partial charge in [0.25, 0.3) is 0 Å². The molecule has 0 fully saturated rings. The molecule has 3 aromatic carbocycles. The molecule has 0 spiro atoms. The van der Waals surface area contributed by atoms with Crippen LogP contribution in [0.1, 0.15) is 23.1 Å². The molecule has 0 saturated heterocycles. The molecule has 0 aromatic heterocycles. The number of rotatable bonds is 6. The van der Waals surface area contributed by atoms with Gasteiger partial charge in [-0.15, -0.1) is 11.8 Å². The predicted octanol–water partition coefficient (Wildman–Crippen LogP) is 6.25. The van der Waals surface area contributed by atoms with Crippen LogP contribution in [0, 0.1) is 13.8 Å². The van der Waals surface area contributed by atoms with Gasteiger partial charge in [-0.25, -0.2) is 4.99 Å². The minimum absolute atomic E-state index is 0.151. The van der Waals surface area contributed by atoms with Crippen molar-refractivity contribution < 1.29 is 14.3 Å². The number of carbonyl (C=O) groups is 1. The molecular formula is C27H27N3O3S. The van der Waals surface area contributed by atoms with E-state index in [0.29, 0.717) is 23.6 Å². The van der Waals surface area contributed by atoms with Gasteiger partial charge in [-0.1, -0.05) is 30.3 Å². The second-order valence-corrected chi connectivity index (χ2v) is 8.98. The highest BCUT2D eigenvalue weighted by molar-refractivity contribution is 8.14. The molecule has 0 aliphatic carbocycles. The number of hydrogen-bond acceptors (Lipinski definition) is 6. The molecule has 0 atom stereocenters. The molecule has 174 valence electrons. The quantitative estimate of drug-likeness (QED) is 0.459. The Morgan fingerprint density at radius 1 is 0.941 bits per heavy atom. The highest BCUT2D eigenvalue weighted by Gasteiger charge is 2.18. The van der Waals surface area contributed by atoms with Gasteiger partial charge in [0.05, 0.1) is 47.8 Å². The summed E-state index contributed by atoms with van der Waals surface area (Å²) in [5, 5.41) is 3.76. The van der Waals surface area contributed by atoms with E-state index < -0.39 is 0 Å². The van der Waals surface area contributed by atoms with Crippen LogP contribution in [0.3, 0.4) is 0 Å². The van der Waals surface area contributed by atoms with Crippen molar-refractivity contribution in [3.63, 3.8) is 0 Å². The third-order valence-corrected chi connectivity index (χ3v) is 6.54. The Morgan fingerprint density at radius 2 is 1.65 bits per heavy atom. The smallest absolute Gasteiger partial charge is 0.234 e. The lowest BCUT2D eigenvalue weighted by Gasteiger charge is -2.12. The van der Waals surface area contributed by atoms with Crippen LogP contribution in [0.15, 0.2) is 70.6 Å². The number of fused-ring (bicyclic) bond motifs is 1. The second-order valence-electron chi connectivity index (χ2n) is 7.94. The van der Waals surface area contributed by atoms with Gasteiger partial charge in [0, 0.05) is 12.5 Å². The summed E-state index contributed by atoms with van der Waals surface area (Å²) in [6.07, 6.45) is 0.553. The Labute approximate surface area is 204 Å². The first-order chi connectivity index (χ1) is 16.5. The second kappa shape index (κ2) is 10.6. The fourth-order valence-electron chi connectivity index (χ4n) is 3.59. The zero-order valence-corrected chi connectivity index (χ0v) is 20.5. The molecule has 1 aliphatic rings. The maximum Gasteiger partial charge on any atom is 0.234 e. The number of thioether (sulfide) groups is 1. The lowest BCUT2D eigenvalue weighted by molar-refractivity contribution is -0.113. The summed E-state index contributed by atoms with van der Waals surface area (Å²) in [5.41, 5.74) is 6.56. The minimum Gasteiger partial charge on any atom is -0.497 e. The molecule has 1 aliphatic heterocycles. The topological polar surface area (TPSA) is 72.3 Å². The van der Waals surface area contributed by atoms with E-state index in [0.717, 1.165) is 33.3 Å². The van der Waals surface area contributed by atoms with Crippen LogP contribution in [0.25, 0.3) is 0 Å². The Hall–Kier alpha value is -3.58. The van der Waals surface area contributed by atoms with Crippen molar-refractivity contribution >= 4 is 45.5 Å². The molecule has 7 heteroatoms. The molecule has 6 nitrogen and oxygen atoms in total. The van der Waals surface area contributed by atoms with Crippen LogP contribution in [-0.4, -0.2) is 36.6 Å². The van der Waals surface area contributed by atoms with Crippen molar-refractivity contribution in [1.82, 2.24) is 0 Å². The highest BCUT2D eigenvalue weighted by Crippen LogP contribution is 2.36. The molecule has 34 heavy (non-hydrogen) atoms. The van der Waals surface area contributed by atoms with Gasteiger partial charge >= 0.3 is 0 Å². The van der Waals surface area contributed by atoms with Gasteiger partial charge in [-0.05, 0) is 54.8 Å². The summed E-state index contributed by atoms with van der Waals surface area (Å²) >= 11 is 1.42. The van der Waals surface area contributed by atoms with Crippen molar-refractivity contribution in [3.05, 3.63) is 77.4 Å². The van der Waals surface area contributed by atoms with Crippen molar-refractivity contribution in [3.8, 4) is 11.5 Å². The van der Waals surface area contributed by atoms with Gasteiger partial charge in [0.1, 0.15) is 11.5 Å². The molecule has 0 radical (unpaired) electrons. The van der Waals surface area contributed by atoms with Gasteiger partial charge in [-0.3, -0.25) is 9.79 Å². The number of carbonyl (C=O) groups excluding carboxylic acids is 1. The van der Waals surface area contributed by atoms with E-state index in [1.165, 1.54) is 17.3 Å². The summed E-state index contributed by atoms with van der Waals surface area (Å²) in [4.78, 5) is 22.6. The number of nitrogens with zero attached hydrogens (tertiary/aromatic N) is 2. The number of aliphatic imine (C=N–C) groups is 2. The van der Waals surface area contributed by atoms with Gasteiger partial charge in [0.2, 0.25) is 5.91 Å². The van der Waals surface area contributed by atoms with E-state index in [4.69, 9.17) is 19.5 Å². The van der Waals surface area contributed by atoms with E-state index in [9.17, 15) is 4.79 Å². The summed E-state index contributed by atoms with van der Waals surface area (Å²) in [5.74, 6) is 1.27. The van der Waals surface area contributed by atoms with E-state index in [1.807, 2.05) is 18.2 Å². The third kappa shape index (κ3) is 5.48. The van der Waals surface area contributed by atoms with Gasteiger partial charge < -0.3 is 14.8 Å². The van der Waals surface area contributed by atoms with Crippen LogP contribution >= 0.6 is 11.8 Å². The van der Waals surface area contributed by atoms with Crippen molar-refractivity contribution in [2.75, 3.05) is 25.3 Å². The standard InChI is InChI=1S/C27H27N3O3S/c1-17-12-22-23(13-18(17)2)30-27(15-21(28-22)19-8-6-5-7-9-19)34-16-26(31)29-24-14-20(32-3)10-11-25(24)33-4/h5-14H,15-16H2,1-4H3,(H,29,31). The Kier molecular flexibility index (Phi) is 7.33. The zero-order chi connectivity index (χ0) is 24.1. The number of methoxy groups -OCH3 is 2. The number of benzene rings is 3. The molecule has 4 rings (SSSR count). The van der Waals surface area contributed by atoms with Crippen LogP contribution in [-0.2, 0) is 4.79 Å². The maximum absolute atomic E-state index is 12.8. The first-order valence-electron chi connectivity index (χ1n) is 10.9. The first-order valence-corrected chi connectivity index (χ1v) is 11.9. The Balaban J connectivity index is 1.56. The van der Waals surface area contributed by atoms with Crippen LogP contribution < -0.4 is 14.8 Å². The summed E-state index contributed by atoms with van der Waals surface area (Å²) < 4.78 is 10.6. The zero-order valence-electron chi connectivity index (χ0n) is 19.7. The monoisotopic (exact) mass is 473 g/mol. The summed E-state index contributed by atoms with van der Waals surface area (Å²) in [7, 11) is 3.15. The molecule has 3 aromatic rings. The van der Waals surface area contributed by atoms with E-state index in [1.54, 1.807) is 32.4 Å². The number of aryl methyl sites for hydroxylation is 2. The SMILES string of the molecule is COc1ccc(OC)c(NC(=O)CSC2=Nc3cc(C)c(C)cc3N=C(c3ccccc3)C2)c1. The molecule has 1 heterocycles. The van der Waals surface area contributed by atoms with Crippen LogP contribution in [0.4, 0.5) is 17.1 Å². The predicted molar refractivity (Wildman–Crippen MR) is 141 cm³/mol. The molecule has 1 amide bonds. The molecule has 0 saturated carbocycles. The number of hydrogen-bond donors (Lipinski definition) is 1. The summed E-state index contributed by atoms with van der Waals surface area (Å²) in [6.45, 7) is 4.15. The largest absolute Gasteiger partial charge is 0.497 e. The summed E-state index contributed by atoms with van der Waals surface area (Å²) in [6, 6.07) is 19.5. The first kappa shape index (κ1) is 23.6. The van der Waals surface area contributed by atoms with Gasteiger partial charge in [-0.2, -0.15) is 0 Å². The number of ether oxygens (including phenoxy) is 2. The Bertz CT molecular complexity index is 1270. The normalized spacial score (nSPS) is 12.7. The van der Waals surface area contributed by atoms with Crippen LogP contribution in [0.2, 0.25) is 0 Å². The van der Waals surface area contributed by atoms with E-state index in [2.05, 4.69) is 43.4 Å². The minimum atomic E-state index is -0.151. The average molecular weight is 474 g/mol. The average Bonchev–Trinajstić information content (AvgIpc) is 3.02. The van der Waals surface area contributed by atoms with Gasteiger partial charge in [0.15, 0.2) is 0 Å². The van der Waals surface area contributed by atoms with Crippen molar-refractivity contribution in [2.24, 2.45) is 9.98 Å². The molecule has 1 N–H and O–H groups in total. The van der Waals surface area contributed by atoms with Crippen molar-refractivity contribution in [2.45, 2.75) is 20.3 Å². The molecule has 0 bridgehead atoms. The lowest BCUT2D eigenvalue weighted by Crippen LogP contribution is -2.16. The highest BCUT2D eigenvalue weighted by atomic mass is 32.2. The number of nitrogens with one attached hydrogen (secondary N) is 1. The third-order valence-electron chi connectivity index (χ3n) is 5.57. The Morgan fingerprint density at radius 3 is 2.32 bits per heavy atom.